The quantitative estimate of drug-likeness (QED) is 0.709. The Bertz CT molecular complexity index is 980. The number of aromatic nitrogens is 2. The van der Waals surface area contributed by atoms with Crippen LogP contribution in [0, 0.1) is 11.6 Å². The zero-order valence-corrected chi connectivity index (χ0v) is 15.2. The molecule has 0 unspecified atom stereocenters. The molecule has 5 nitrogen and oxygen atoms in total. The van der Waals surface area contributed by atoms with Crippen molar-refractivity contribution in [1.82, 2.24) is 9.78 Å². The van der Waals surface area contributed by atoms with E-state index in [-0.39, 0.29) is 18.9 Å². The molecule has 1 aliphatic heterocycles. The van der Waals surface area contributed by atoms with Gasteiger partial charge in [0.25, 0.3) is 0 Å². The van der Waals surface area contributed by atoms with Crippen molar-refractivity contribution in [3.63, 3.8) is 0 Å². The second-order valence-electron chi connectivity index (χ2n) is 6.88. The van der Waals surface area contributed by atoms with E-state index in [1.54, 1.807) is 16.9 Å². The van der Waals surface area contributed by atoms with Crippen LogP contribution in [0.15, 0.2) is 54.7 Å². The maximum absolute atomic E-state index is 13.3. The SMILES string of the molecule is O=C(Cc1ccc(N2CCC2)cc1)Nc1ccn(Cc2ccc(F)c(F)c2)n1. The third kappa shape index (κ3) is 4.19. The van der Waals surface area contributed by atoms with Gasteiger partial charge in [-0.05, 0) is 41.8 Å². The highest BCUT2D eigenvalue weighted by molar-refractivity contribution is 5.91. The average molecular weight is 382 g/mol. The fourth-order valence-electron chi connectivity index (χ4n) is 3.11. The number of carbonyl (C=O) groups excluding carboxylic acids is 1. The Kier molecular flexibility index (Phi) is 5.06. The molecule has 1 aromatic heterocycles. The van der Waals surface area contributed by atoms with Crippen molar-refractivity contribution in [2.45, 2.75) is 19.4 Å². The molecule has 3 aromatic rings. The van der Waals surface area contributed by atoms with Crippen molar-refractivity contribution >= 4 is 17.4 Å². The van der Waals surface area contributed by atoms with Gasteiger partial charge in [0.05, 0.1) is 13.0 Å². The summed E-state index contributed by atoms with van der Waals surface area (Å²) in [6.45, 7) is 2.46. The predicted molar refractivity (Wildman–Crippen MR) is 103 cm³/mol. The van der Waals surface area contributed by atoms with Gasteiger partial charge >= 0.3 is 0 Å². The number of benzene rings is 2. The minimum atomic E-state index is -0.890. The van der Waals surface area contributed by atoms with Gasteiger partial charge in [0, 0.05) is 31.0 Å². The summed E-state index contributed by atoms with van der Waals surface area (Å²) in [4.78, 5) is 14.6. The molecule has 2 aromatic carbocycles. The molecule has 0 aliphatic carbocycles. The van der Waals surface area contributed by atoms with Gasteiger partial charge in [-0.1, -0.05) is 18.2 Å². The van der Waals surface area contributed by atoms with Crippen molar-refractivity contribution < 1.29 is 13.6 Å². The van der Waals surface area contributed by atoms with Crippen LogP contribution in [0.3, 0.4) is 0 Å². The fourth-order valence-corrected chi connectivity index (χ4v) is 3.11. The van der Waals surface area contributed by atoms with Crippen molar-refractivity contribution in [2.75, 3.05) is 23.3 Å². The third-order valence-electron chi connectivity index (χ3n) is 4.76. The number of nitrogens with zero attached hydrogens (tertiary/aromatic N) is 3. The van der Waals surface area contributed by atoms with E-state index >= 15 is 0 Å². The van der Waals surface area contributed by atoms with Crippen LogP contribution in [0.5, 0.6) is 0 Å². The maximum atomic E-state index is 13.3. The Balaban J connectivity index is 1.32. The molecule has 0 bridgehead atoms. The first-order chi connectivity index (χ1) is 13.6. The number of rotatable bonds is 6. The maximum Gasteiger partial charge on any atom is 0.229 e. The summed E-state index contributed by atoms with van der Waals surface area (Å²) in [7, 11) is 0. The zero-order valence-electron chi connectivity index (χ0n) is 15.2. The van der Waals surface area contributed by atoms with E-state index in [2.05, 4.69) is 15.3 Å². The number of halogens is 2. The molecule has 28 heavy (non-hydrogen) atoms. The molecule has 0 spiro atoms. The summed E-state index contributed by atoms with van der Waals surface area (Å²) in [5.41, 5.74) is 2.71. The Hall–Kier alpha value is -3.22. The van der Waals surface area contributed by atoms with Crippen molar-refractivity contribution in [2.24, 2.45) is 0 Å². The number of amides is 1. The Morgan fingerprint density at radius 2 is 1.75 bits per heavy atom. The second-order valence-corrected chi connectivity index (χ2v) is 6.88. The van der Waals surface area contributed by atoms with Crippen LogP contribution in [-0.2, 0) is 17.8 Å². The summed E-state index contributed by atoms with van der Waals surface area (Å²) in [6.07, 6.45) is 3.17. The van der Waals surface area contributed by atoms with Gasteiger partial charge in [-0.2, -0.15) is 5.10 Å². The molecular formula is C21H20F2N4O. The largest absolute Gasteiger partial charge is 0.371 e. The van der Waals surface area contributed by atoms with Gasteiger partial charge in [-0.15, -0.1) is 0 Å². The minimum absolute atomic E-state index is 0.158. The molecule has 4 rings (SSSR count). The molecule has 1 saturated heterocycles. The Labute approximate surface area is 161 Å². The first kappa shape index (κ1) is 18.2. The molecular weight excluding hydrogens is 362 g/mol. The fraction of sp³-hybridized carbons (Fsp3) is 0.238. The van der Waals surface area contributed by atoms with Gasteiger partial charge in [0.15, 0.2) is 17.5 Å². The van der Waals surface area contributed by atoms with E-state index in [9.17, 15) is 13.6 Å². The second kappa shape index (κ2) is 7.80. The third-order valence-corrected chi connectivity index (χ3v) is 4.76. The molecule has 144 valence electrons. The first-order valence-electron chi connectivity index (χ1n) is 9.18. The molecule has 1 amide bonds. The van der Waals surface area contributed by atoms with E-state index in [1.807, 2.05) is 24.3 Å². The molecule has 1 N–H and O–H groups in total. The Morgan fingerprint density at radius 3 is 2.43 bits per heavy atom. The Morgan fingerprint density at radius 1 is 1.00 bits per heavy atom. The molecule has 0 radical (unpaired) electrons. The van der Waals surface area contributed by atoms with Crippen LogP contribution in [0.1, 0.15) is 17.5 Å². The molecule has 0 atom stereocenters. The lowest BCUT2D eigenvalue weighted by Crippen LogP contribution is -2.36. The van der Waals surface area contributed by atoms with E-state index in [0.717, 1.165) is 30.8 Å². The van der Waals surface area contributed by atoms with Gasteiger partial charge in [-0.3, -0.25) is 9.48 Å². The zero-order chi connectivity index (χ0) is 19.5. The summed E-state index contributed by atoms with van der Waals surface area (Å²) >= 11 is 0. The van der Waals surface area contributed by atoms with Crippen LogP contribution < -0.4 is 10.2 Å². The first-order valence-corrected chi connectivity index (χ1v) is 9.18. The number of hydrogen-bond donors (Lipinski definition) is 1. The highest BCUT2D eigenvalue weighted by Crippen LogP contribution is 2.21. The number of nitrogens with one attached hydrogen (secondary N) is 1. The number of anilines is 2. The van der Waals surface area contributed by atoms with Crippen LogP contribution in [0.2, 0.25) is 0 Å². The lowest BCUT2D eigenvalue weighted by molar-refractivity contribution is -0.115. The minimum Gasteiger partial charge on any atom is -0.371 e. The number of carbonyl (C=O) groups is 1. The highest BCUT2D eigenvalue weighted by Gasteiger charge is 2.14. The van der Waals surface area contributed by atoms with Crippen LogP contribution >= 0.6 is 0 Å². The van der Waals surface area contributed by atoms with Crippen LogP contribution in [-0.4, -0.2) is 28.8 Å². The predicted octanol–water partition coefficient (Wildman–Crippen LogP) is 3.60. The summed E-state index contributed by atoms with van der Waals surface area (Å²) < 4.78 is 27.9. The van der Waals surface area contributed by atoms with E-state index in [1.165, 1.54) is 18.2 Å². The molecule has 1 fully saturated rings. The molecule has 1 aliphatic rings. The van der Waals surface area contributed by atoms with Crippen LogP contribution in [0.4, 0.5) is 20.3 Å². The van der Waals surface area contributed by atoms with Gasteiger partial charge in [0.2, 0.25) is 5.91 Å². The van der Waals surface area contributed by atoms with E-state index < -0.39 is 11.6 Å². The van der Waals surface area contributed by atoms with Gasteiger partial charge in [0.1, 0.15) is 0 Å². The molecule has 7 heteroatoms. The van der Waals surface area contributed by atoms with Crippen molar-refractivity contribution in [1.29, 1.82) is 0 Å². The topological polar surface area (TPSA) is 50.2 Å². The van der Waals surface area contributed by atoms with Crippen LogP contribution in [0.25, 0.3) is 0 Å². The lowest BCUT2D eigenvalue weighted by Gasteiger charge is -2.33. The molecule has 2 heterocycles. The van der Waals surface area contributed by atoms with E-state index in [0.29, 0.717) is 11.4 Å². The molecule has 0 saturated carbocycles. The normalized spacial score (nSPS) is 13.3. The number of hydrogen-bond acceptors (Lipinski definition) is 3. The van der Waals surface area contributed by atoms with Crippen molar-refractivity contribution in [3.8, 4) is 0 Å². The van der Waals surface area contributed by atoms with Gasteiger partial charge in [-0.25, -0.2) is 8.78 Å². The highest BCUT2D eigenvalue weighted by atomic mass is 19.2. The van der Waals surface area contributed by atoms with Crippen molar-refractivity contribution in [3.05, 3.63) is 77.5 Å². The smallest absolute Gasteiger partial charge is 0.229 e. The average Bonchev–Trinajstić information content (AvgIpc) is 3.05. The van der Waals surface area contributed by atoms with E-state index in [4.69, 9.17) is 0 Å². The summed E-state index contributed by atoms with van der Waals surface area (Å²) in [5.74, 6) is -1.51. The standard InChI is InChI=1S/C21H20F2N4O/c22-18-7-4-16(12-19(18)23)14-27-11-8-20(25-27)24-21(28)13-15-2-5-17(6-3-15)26-9-1-10-26/h2-8,11-12H,1,9-10,13-14H2,(H,24,25,28). The lowest BCUT2D eigenvalue weighted by atomic mass is 10.1. The summed E-state index contributed by atoms with van der Waals surface area (Å²) in [6, 6.07) is 13.4. The summed E-state index contributed by atoms with van der Waals surface area (Å²) in [5, 5.41) is 7.02. The monoisotopic (exact) mass is 382 g/mol. The van der Waals surface area contributed by atoms with Gasteiger partial charge < -0.3 is 10.2 Å².